The molecule has 170 valence electrons. The summed E-state index contributed by atoms with van der Waals surface area (Å²) in [4.78, 5) is 13.4. The number of rotatable bonds is 6. The number of piperidine rings is 1. The topological polar surface area (TPSA) is 92.5 Å². The summed E-state index contributed by atoms with van der Waals surface area (Å²) in [6.07, 6.45) is 1.28. The van der Waals surface area contributed by atoms with E-state index in [1.165, 1.54) is 4.31 Å². The van der Waals surface area contributed by atoms with Gasteiger partial charge in [-0.2, -0.15) is 4.31 Å². The molecule has 2 heterocycles. The molecule has 1 aliphatic rings. The van der Waals surface area contributed by atoms with Gasteiger partial charge in [0, 0.05) is 18.8 Å². The van der Waals surface area contributed by atoms with E-state index in [2.05, 4.69) is 38.2 Å². The van der Waals surface area contributed by atoms with Crippen LogP contribution in [0.2, 0.25) is 0 Å². The summed E-state index contributed by atoms with van der Waals surface area (Å²) in [7, 11) is -3.77. The minimum atomic E-state index is -3.77. The van der Waals surface area contributed by atoms with Gasteiger partial charge in [-0.1, -0.05) is 51.1 Å². The Bertz CT molecular complexity index is 1010. The normalized spacial score (nSPS) is 18.0. The summed E-state index contributed by atoms with van der Waals surface area (Å²) >= 11 is 0. The highest BCUT2D eigenvalue weighted by molar-refractivity contribution is 7.89. The maximum Gasteiger partial charge on any atom is 0.248 e. The molecule has 0 bridgehead atoms. The summed E-state index contributed by atoms with van der Waals surface area (Å²) in [6, 6.07) is 6.11. The Morgan fingerprint density at radius 3 is 2.29 bits per heavy atom. The first kappa shape index (κ1) is 23.5. The first-order valence-electron chi connectivity index (χ1n) is 10.9. The van der Waals surface area contributed by atoms with Gasteiger partial charge in [-0.15, -0.1) is 0 Å². The summed E-state index contributed by atoms with van der Waals surface area (Å²) in [6.45, 7) is 12.2. The van der Waals surface area contributed by atoms with Crippen LogP contribution in [0.3, 0.4) is 0 Å². The van der Waals surface area contributed by atoms with Crippen LogP contribution in [0.25, 0.3) is 0 Å². The number of anilines is 1. The molecular weight excluding hydrogens is 414 g/mol. The van der Waals surface area contributed by atoms with E-state index in [0.717, 1.165) is 16.8 Å². The van der Waals surface area contributed by atoms with Gasteiger partial charge >= 0.3 is 0 Å². The summed E-state index contributed by atoms with van der Waals surface area (Å²) in [5.74, 6) is 0.253. The molecule has 1 unspecified atom stereocenters. The van der Waals surface area contributed by atoms with E-state index in [1.54, 1.807) is 13.8 Å². The van der Waals surface area contributed by atoms with Crippen LogP contribution < -0.4 is 5.32 Å². The Kier molecular flexibility index (Phi) is 6.91. The van der Waals surface area contributed by atoms with E-state index in [-0.39, 0.29) is 34.9 Å². The second kappa shape index (κ2) is 9.12. The third-order valence-corrected chi connectivity index (χ3v) is 8.05. The van der Waals surface area contributed by atoms with Crippen LogP contribution in [0.5, 0.6) is 0 Å². The van der Waals surface area contributed by atoms with E-state index < -0.39 is 15.9 Å². The predicted molar refractivity (Wildman–Crippen MR) is 121 cm³/mol. The van der Waals surface area contributed by atoms with Crippen LogP contribution in [0.15, 0.2) is 27.6 Å². The molecular formula is C23H33N3O4S. The summed E-state index contributed by atoms with van der Waals surface area (Å²) in [5.41, 5.74) is 3.39. The van der Waals surface area contributed by atoms with E-state index in [0.29, 0.717) is 25.1 Å². The zero-order valence-corrected chi connectivity index (χ0v) is 20.0. The average molecular weight is 448 g/mol. The molecule has 0 aliphatic carbocycles. The molecule has 0 spiro atoms. The van der Waals surface area contributed by atoms with Crippen molar-refractivity contribution in [2.75, 3.05) is 18.4 Å². The number of aromatic nitrogens is 1. The molecule has 0 saturated carbocycles. The number of carbonyl (C=O) groups excluding carboxylic acids is 1. The number of aryl methyl sites for hydroxylation is 2. The van der Waals surface area contributed by atoms with Crippen LogP contribution in [-0.4, -0.2) is 36.9 Å². The molecule has 1 aromatic heterocycles. The summed E-state index contributed by atoms with van der Waals surface area (Å²) in [5, 5.41) is 6.93. The van der Waals surface area contributed by atoms with E-state index >= 15 is 0 Å². The van der Waals surface area contributed by atoms with Gasteiger partial charge in [0.25, 0.3) is 0 Å². The van der Waals surface area contributed by atoms with Crippen molar-refractivity contribution >= 4 is 21.6 Å². The van der Waals surface area contributed by atoms with Gasteiger partial charge in [0.15, 0.2) is 5.76 Å². The highest BCUT2D eigenvalue weighted by atomic mass is 32.2. The maximum atomic E-state index is 13.2. The van der Waals surface area contributed by atoms with Crippen LogP contribution in [0.4, 0.5) is 5.69 Å². The lowest BCUT2D eigenvalue weighted by Gasteiger charge is -2.31. The number of para-hydroxylation sites is 1. The molecule has 1 N–H and O–H groups in total. The number of nitrogens with one attached hydrogen (secondary N) is 1. The zero-order chi connectivity index (χ0) is 22.9. The number of nitrogens with zero attached hydrogens (tertiary/aromatic N) is 2. The fraction of sp³-hybridized carbons (Fsp3) is 0.565. The molecule has 3 rings (SSSR count). The quantitative estimate of drug-likeness (QED) is 0.700. The number of hydrogen-bond donors (Lipinski definition) is 1. The van der Waals surface area contributed by atoms with Gasteiger partial charge in [0.1, 0.15) is 10.6 Å². The van der Waals surface area contributed by atoms with E-state index in [4.69, 9.17) is 4.52 Å². The van der Waals surface area contributed by atoms with Gasteiger partial charge < -0.3 is 9.84 Å². The minimum absolute atomic E-state index is 0.112. The van der Waals surface area contributed by atoms with Crippen molar-refractivity contribution in [1.29, 1.82) is 0 Å². The monoisotopic (exact) mass is 447 g/mol. The second-order valence-corrected chi connectivity index (χ2v) is 10.8. The second-order valence-electron chi connectivity index (χ2n) is 8.97. The van der Waals surface area contributed by atoms with Crippen LogP contribution in [0, 0.1) is 19.8 Å². The molecule has 8 heteroatoms. The van der Waals surface area contributed by atoms with Crippen LogP contribution in [0.1, 0.15) is 75.0 Å². The molecule has 2 aromatic rings. The number of amides is 1. The SMILES string of the molecule is Cc1noc(C)c1S(=O)(=O)N1CCCC(C(=O)Nc2c(C(C)C)cccc2C(C)C)C1. The Hall–Kier alpha value is -2.19. The molecule has 0 radical (unpaired) electrons. The van der Waals surface area contributed by atoms with E-state index in [9.17, 15) is 13.2 Å². The summed E-state index contributed by atoms with van der Waals surface area (Å²) < 4.78 is 32.9. The molecule has 31 heavy (non-hydrogen) atoms. The highest BCUT2D eigenvalue weighted by Crippen LogP contribution is 2.34. The average Bonchev–Trinajstić information content (AvgIpc) is 3.06. The molecule has 7 nitrogen and oxygen atoms in total. The number of sulfonamides is 1. The van der Waals surface area contributed by atoms with Crippen molar-refractivity contribution in [3.63, 3.8) is 0 Å². The highest BCUT2D eigenvalue weighted by Gasteiger charge is 2.36. The zero-order valence-electron chi connectivity index (χ0n) is 19.2. The van der Waals surface area contributed by atoms with Crippen molar-refractivity contribution in [1.82, 2.24) is 9.46 Å². The fourth-order valence-electron chi connectivity index (χ4n) is 4.27. The third-order valence-electron chi connectivity index (χ3n) is 5.94. The van der Waals surface area contributed by atoms with Crippen LogP contribution in [-0.2, 0) is 14.8 Å². The first-order chi connectivity index (χ1) is 14.5. The molecule has 1 fully saturated rings. The molecule has 1 saturated heterocycles. The van der Waals surface area contributed by atoms with Gasteiger partial charge in [-0.3, -0.25) is 4.79 Å². The molecule has 1 aromatic carbocycles. The van der Waals surface area contributed by atoms with E-state index in [1.807, 2.05) is 18.2 Å². The smallest absolute Gasteiger partial charge is 0.248 e. The van der Waals surface area contributed by atoms with Gasteiger partial charge in [-0.05, 0) is 49.7 Å². The van der Waals surface area contributed by atoms with Crippen molar-refractivity contribution < 1.29 is 17.7 Å². The van der Waals surface area contributed by atoms with Gasteiger partial charge in [0.2, 0.25) is 15.9 Å². The Morgan fingerprint density at radius 2 is 1.77 bits per heavy atom. The van der Waals surface area contributed by atoms with Gasteiger partial charge in [-0.25, -0.2) is 8.42 Å². The first-order valence-corrected chi connectivity index (χ1v) is 12.3. The van der Waals surface area contributed by atoms with Crippen LogP contribution >= 0.6 is 0 Å². The Morgan fingerprint density at radius 1 is 1.16 bits per heavy atom. The van der Waals surface area contributed by atoms with Crippen molar-refractivity contribution in [3.8, 4) is 0 Å². The minimum Gasteiger partial charge on any atom is -0.360 e. The largest absolute Gasteiger partial charge is 0.360 e. The van der Waals surface area contributed by atoms with Crippen molar-refractivity contribution in [2.24, 2.45) is 5.92 Å². The van der Waals surface area contributed by atoms with Crippen molar-refractivity contribution in [3.05, 3.63) is 40.8 Å². The lowest BCUT2D eigenvalue weighted by molar-refractivity contribution is -0.120. The fourth-order valence-corrected chi connectivity index (χ4v) is 6.08. The third kappa shape index (κ3) is 4.70. The predicted octanol–water partition coefficient (Wildman–Crippen LogP) is 4.58. The Labute approximate surface area is 185 Å². The maximum absolute atomic E-state index is 13.2. The number of hydrogen-bond acceptors (Lipinski definition) is 5. The Balaban J connectivity index is 1.85. The molecule has 1 aliphatic heterocycles. The number of benzene rings is 1. The molecule has 1 atom stereocenters. The lowest BCUT2D eigenvalue weighted by atomic mass is 9.91. The lowest BCUT2D eigenvalue weighted by Crippen LogP contribution is -2.44. The molecule has 1 amide bonds. The van der Waals surface area contributed by atoms with Gasteiger partial charge in [0.05, 0.1) is 5.92 Å². The standard InChI is InChI=1S/C23H33N3O4S/c1-14(2)19-10-7-11-20(15(3)4)21(19)24-23(27)18-9-8-12-26(13-18)31(28,29)22-16(5)25-30-17(22)6/h7,10-11,14-15,18H,8-9,12-13H2,1-6H3,(H,24,27). The number of carbonyl (C=O) groups is 1. The van der Waals surface area contributed by atoms with Crippen molar-refractivity contribution in [2.45, 2.75) is 71.1 Å².